The molecule has 4 nitrogen and oxygen atoms in total. The average molecular weight is 413 g/mol. The van der Waals surface area contributed by atoms with Crippen LogP contribution >= 0.6 is 12.2 Å². The number of halogens is 4. The van der Waals surface area contributed by atoms with Gasteiger partial charge in [-0.1, -0.05) is 12.1 Å². The van der Waals surface area contributed by atoms with Crippen molar-refractivity contribution in [3.63, 3.8) is 0 Å². The second-order valence-corrected chi connectivity index (χ2v) is 6.67. The van der Waals surface area contributed by atoms with Gasteiger partial charge in [-0.05, 0) is 48.1 Å². The van der Waals surface area contributed by atoms with E-state index in [1.807, 2.05) is 4.90 Å². The SMILES string of the molecule is Fc1ccc(CNC(=S)Nc2cc(C(F)(F)F)ccc2N2CCOCC2)cc1. The fourth-order valence-corrected chi connectivity index (χ4v) is 3.03. The molecule has 0 aromatic heterocycles. The molecular weight excluding hydrogens is 394 g/mol. The van der Waals surface area contributed by atoms with E-state index in [0.29, 0.717) is 38.5 Å². The van der Waals surface area contributed by atoms with E-state index < -0.39 is 11.7 Å². The van der Waals surface area contributed by atoms with Crippen LogP contribution in [0.15, 0.2) is 42.5 Å². The van der Waals surface area contributed by atoms with Crippen LogP contribution in [0.4, 0.5) is 28.9 Å². The van der Waals surface area contributed by atoms with Crippen LogP contribution in [0.2, 0.25) is 0 Å². The van der Waals surface area contributed by atoms with Crippen molar-refractivity contribution in [2.24, 2.45) is 0 Å². The third-order valence-corrected chi connectivity index (χ3v) is 4.54. The number of hydrogen-bond donors (Lipinski definition) is 2. The fraction of sp³-hybridized carbons (Fsp3) is 0.316. The normalized spacial score (nSPS) is 14.6. The number of rotatable bonds is 4. The quantitative estimate of drug-likeness (QED) is 0.581. The van der Waals surface area contributed by atoms with Gasteiger partial charge >= 0.3 is 6.18 Å². The Morgan fingerprint density at radius 1 is 1.07 bits per heavy atom. The van der Waals surface area contributed by atoms with Gasteiger partial charge in [0, 0.05) is 19.6 Å². The van der Waals surface area contributed by atoms with E-state index in [2.05, 4.69) is 10.6 Å². The molecule has 150 valence electrons. The Balaban J connectivity index is 1.75. The molecule has 1 aliphatic heterocycles. The van der Waals surface area contributed by atoms with Crippen LogP contribution in [0.25, 0.3) is 0 Å². The van der Waals surface area contributed by atoms with Gasteiger partial charge in [0.15, 0.2) is 5.11 Å². The first-order valence-electron chi connectivity index (χ1n) is 8.66. The molecule has 1 heterocycles. The van der Waals surface area contributed by atoms with Crippen molar-refractivity contribution in [2.75, 3.05) is 36.5 Å². The molecule has 3 rings (SSSR count). The summed E-state index contributed by atoms with van der Waals surface area (Å²) in [5, 5.41) is 5.97. The van der Waals surface area contributed by atoms with Crippen LogP contribution in [-0.4, -0.2) is 31.4 Å². The smallest absolute Gasteiger partial charge is 0.378 e. The van der Waals surface area contributed by atoms with E-state index in [9.17, 15) is 17.6 Å². The molecular formula is C19H19F4N3OS. The Bertz CT molecular complexity index is 821. The topological polar surface area (TPSA) is 36.5 Å². The molecule has 9 heteroatoms. The van der Waals surface area contributed by atoms with E-state index in [1.54, 1.807) is 12.1 Å². The van der Waals surface area contributed by atoms with Gasteiger partial charge in [0.25, 0.3) is 0 Å². The molecule has 0 bridgehead atoms. The molecule has 1 saturated heterocycles. The van der Waals surface area contributed by atoms with E-state index in [-0.39, 0.29) is 16.6 Å². The number of nitrogens with zero attached hydrogens (tertiary/aromatic N) is 1. The molecule has 1 fully saturated rings. The molecule has 0 unspecified atom stereocenters. The standard InChI is InChI=1S/C19H19F4N3OS/c20-15-4-1-13(2-5-15)12-24-18(28)25-16-11-14(19(21,22)23)3-6-17(16)26-7-9-27-10-8-26/h1-6,11H,7-10,12H2,(H2,24,25,28). The summed E-state index contributed by atoms with van der Waals surface area (Å²) in [6.45, 7) is 2.49. The van der Waals surface area contributed by atoms with Crippen LogP contribution in [0, 0.1) is 5.82 Å². The summed E-state index contributed by atoms with van der Waals surface area (Å²) in [6.07, 6.45) is -4.46. The Morgan fingerprint density at radius 2 is 1.75 bits per heavy atom. The molecule has 2 aromatic carbocycles. The Morgan fingerprint density at radius 3 is 2.39 bits per heavy atom. The summed E-state index contributed by atoms with van der Waals surface area (Å²) in [4.78, 5) is 1.95. The first-order chi connectivity index (χ1) is 13.3. The lowest BCUT2D eigenvalue weighted by Gasteiger charge is -2.31. The van der Waals surface area contributed by atoms with E-state index >= 15 is 0 Å². The predicted molar refractivity (Wildman–Crippen MR) is 104 cm³/mol. The average Bonchev–Trinajstić information content (AvgIpc) is 2.67. The highest BCUT2D eigenvalue weighted by atomic mass is 32.1. The van der Waals surface area contributed by atoms with Crippen molar-refractivity contribution in [3.8, 4) is 0 Å². The van der Waals surface area contributed by atoms with Crippen molar-refractivity contribution in [2.45, 2.75) is 12.7 Å². The molecule has 2 N–H and O–H groups in total. The molecule has 0 spiro atoms. The molecule has 1 aliphatic rings. The van der Waals surface area contributed by atoms with Crippen LogP contribution in [-0.2, 0) is 17.5 Å². The number of alkyl halides is 3. The third-order valence-electron chi connectivity index (χ3n) is 4.29. The molecule has 0 aliphatic carbocycles. The van der Waals surface area contributed by atoms with Crippen LogP contribution in [0.3, 0.4) is 0 Å². The first-order valence-corrected chi connectivity index (χ1v) is 9.07. The predicted octanol–water partition coefficient (Wildman–Crippen LogP) is 4.17. The fourth-order valence-electron chi connectivity index (χ4n) is 2.84. The van der Waals surface area contributed by atoms with Crippen molar-refractivity contribution < 1.29 is 22.3 Å². The van der Waals surface area contributed by atoms with Crippen molar-refractivity contribution >= 4 is 28.7 Å². The summed E-state index contributed by atoms with van der Waals surface area (Å²) < 4.78 is 57.7. The molecule has 0 atom stereocenters. The number of anilines is 2. The minimum atomic E-state index is -4.46. The summed E-state index contributed by atoms with van der Waals surface area (Å²) in [5.41, 5.74) is 0.937. The molecule has 0 saturated carbocycles. The van der Waals surface area contributed by atoms with Gasteiger partial charge in [0.2, 0.25) is 0 Å². The highest BCUT2D eigenvalue weighted by Crippen LogP contribution is 2.35. The van der Waals surface area contributed by atoms with Crippen molar-refractivity contribution in [1.29, 1.82) is 0 Å². The van der Waals surface area contributed by atoms with Gasteiger partial charge in [-0.2, -0.15) is 13.2 Å². The van der Waals surface area contributed by atoms with Gasteiger partial charge in [-0.15, -0.1) is 0 Å². The van der Waals surface area contributed by atoms with Gasteiger partial charge in [0.05, 0.1) is 30.2 Å². The Hall–Kier alpha value is -2.39. The maximum Gasteiger partial charge on any atom is 0.416 e. The molecule has 28 heavy (non-hydrogen) atoms. The number of ether oxygens (including phenoxy) is 1. The number of hydrogen-bond acceptors (Lipinski definition) is 3. The zero-order valence-electron chi connectivity index (χ0n) is 14.9. The van der Waals surface area contributed by atoms with E-state index in [4.69, 9.17) is 17.0 Å². The van der Waals surface area contributed by atoms with E-state index in [0.717, 1.165) is 17.7 Å². The van der Waals surface area contributed by atoms with Crippen LogP contribution < -0.4 is 15.5 Å². The maximum atomic E-state index is 13.1. The van der Waals surface area contributed by atoms with Gasteiger partial charge in [-0.3, -0.25) is 0 Å². The Kier molecular flexibility index (Phi) is 6.35. The highest BCUT2D eigenvalue weighted by molar-refractivity contribution is 7.80. The Labute approximate surface area is 165 Å². The van der Waals surface area contributed by atoms with E-state index in [1.165, 1.54) is 18.2 Å². The molecule has 2 aromatic rings. The summed E-state index contributed by atoms with van der Waals surface area (Å²) >= 11 is 5.24. The van der Waals surface area contributed by atoms with Gasteiger partial charge < -0.3 is 20.3 Å². The van der Waals surface area contributed by atoms with Crippen molar-refractivity contribution in [1.82, 2.24) is 5.32 Å². The summed E-state index contributed by atoms with van der Waals surface area (Å²) in [5.74, 6) is -0.344. The van der Waals surface area contributed by atoms with Crippen LogP contribution in [0.1, 0.15) is 11.1 Å². The third kappa shape index (κ3) is 5.32. The maximum absolute atomic E-state index is 13.1. The number of thiocarbonyl (C=S) groups is 1. The monoisotopic (exact) mass is 413 g/mol. The lowest BCUT2D eigenvalue weighted by atomic mass is 10.1. The second kappa shape index (κ2) is 8.74. The number of morpholine rings is 1. The zero-order valence-corrected chi connectivity index (χ0v) is 15.7. The minimum Gasteiger partial charge on any atom is -0.378 e. The molecule has 0 radical (unpaired) electrons. The second-order valence-electron chi connectivity index (χ2n) is 6.26. The highest BCUT2D eigenvalue weighted by Gasteiger charge is 2.31. The lowest BCUT2D eigenvalue weighted by molar-refractivity contribution is -0.137. The van der Waals surface area contributed by atoms with Gasteiger partial charge in [-0.25, -0.2) is 4.39 Å². The molecule has 0 amide bonds. The summed E-state index contributed by atoms with van der Waals surface area (Å²) in [7, 11) is 0. The van der Waals surface area contributed by atoms with Crippen molar-refractivity contribution in [3.05, 3.63) is 59.4 Å². The summed E-state index contributed by atoms with van der Waals surface area (Å²) in [6, 6.07) is 9.43. The minimum absolute atomic E-state index is 0.179. The van der Waals surface area contributed by atoms with Crippen LogP contribution in [0.5, 0.6) is 0 Å². The lowest BCUT2D eigenvalue weighted by Crippen LogP contribution is -2.37. The zero-order chi connectivity index (χ0) is 20.1. The van der Waals surface area contributed by atoms with Gasteiger partial charge in [0.1, 0.15) is 5.82 Å². The largest absolute Gasteiger partial charge is 0.416 e. The number of nitrogens with one attached hydrogen (secondary N) is 2. The first kappa shape index (κ1) is 20.3. The number of benzene rings is 2.